The molecule has 1 aliphatic heterocycles. The number of aromatic nitrogens is 1. The molecule has 0 saturated carbocycles. The number of amides is 1. The van der Waals surface area contributed by atoms with Gasteiger partial charge in [-0.3, -0.25) is 9.59 Å². The summed E-state index contributed by atoms with van der Waals surface area (Å²) in [6.45, 7) is 7.12. The highest BCUT2D eigenvalue weighted by Gasteiger charge is 2.34. The van der Waals surface area contributed by atoms with Gasteiger partial charge in [-0.25, -0.2) is 5.90 Å². The van der Waals surface area contributed by atoms with E-state index in [-0.39, 0.29) is 22.8 Å². The Hall–Kier alpha value is -3.04. The Morgan fingerprint density at radius 3 is 2.59 bits per heavy atom. The van der Waals surface area contributed by atoms with Gasteiger partial charge in [0.25, 0.3) is 0 Å². The molecule has 0 bridgehead atoms. The molecule has 3 N–H and O–H groups in total. The van der Waals surface area contributed by atoms with Crippen LogP contribution >= 0.6 is 0 Å². The number of pyridine rings is 1. The maximum atomic E-state index is 12.5. The zero-order chi connectivity index (χ0) is 23.5. The van der Waals surface area contributed by atoms with Crippen molar-refractivity contribution in [3.63, 3.8) is 0 Å². The lowest BCUT2D eigenvalue weighted by Crippen LogP contribution is -2.32. The predicted octanol–water partition coefficient (Wildman–Crippen LogP) is 3.71. The number of nitrogens with two attached hydrogens (primary N) is 1. The van der Waals surface area contributed by atoms with E-state index in [1.54, 1.807) is 6.07 Å². The lowest BCUT2D eigenvalue weighted by molar-refractivity contribution is 0.0998. The molecule has 3 rings (SSSR count). The second-order valence-electron chi connectivity index (χ2n) is 9.08. The highest BCUT2D eigenvalue weighted by atomic mass is 16.6. The summed E-state index contributed by atoms with van der Waals surface area (Å²) in [4.78, 5) is 39.6. The van der Waals surface area contributed by atoms with Crippen molar-refractivity contribution in [3.8, 4) is 22.8 Å². The van der Waals surface area contributed by atoms with Gasteiger partial charge >= 0.3 is 5.91 Å². The number of benzene rings is 1. The van der Waals surface area contributed by atoms with Crippen molar-refractivity contribution in [3.05, 3.63) is 50.7 Å². The quantitative estimate of drug-likeness (QED) is 0.361. The standard InChI is InChI=1S/C23H29N3O6/c1-23(2,3)21-10-14-9-20(31-7-5-4-6-8-32-24)19(28)11-15(14)17-12-18(27)16(13-26(17)21)22(29)25-30/h9,11-13,21,28H,4-8,10,24H2,1-3H3. The maximum absolute atomic E-state index is 12.5. The van der Waals surface area contributed by atoms with Crippen molar-refractivity contribution in [2.24, 2.45) is 16.5 Å². The van der Waals surface area contributed by atoms with Crippen LogP contribution in [0, 0.1) is 10.3 Å². The fraction of sp³-hybridized carbons (Fsp3) is 0.478. The van der Waals surface area contributed by atoms with Gasteiger partial charge in [0.15, 0.2) is 16.9 Å². The molecule has 2 heterocycles. The first-order chi connectivity index (χ1) is 15.2. The monoisotopic (exact) mass is 443 g/mol. The highest BCUT2D eigenvalue weighted by molar-refractivity contribution is 5.94. The number of hydrogen-bond acceptors (Lipinski definition) is 7. The number of aromatic hydroxyl groups is 1. The van der Waals surface area contributed by atoms with Crippen LogP contribution in [0.15, 0.2) is 34.4 Å². The van der Waals surface area contributed by atoms with E-state index in [0.717, 1.165) is 24.8 Å². The first-order valence-corrected chi connectivity index (χ1v) is 10.6. The minimum Gasteiger partial charge on any atom is -0.504 e. The van der Waals surface area contributed by atoms with Gasteiger partial charge in [-0.15, -0.1) is 4.91 Å². The number of carbonyl (C=O) groups excluding carboxylic acids is 1. The lowest BCUT2D eigenvalue weighted by Gasteiger charge is -2.39. The van der Waals surface area contributed by atoms with Crippen molar-refractivity contribution in [1.29, 1.82) is 0 Å². The van der Waals surface area contributed by atoms with E-state index >= 15 is 0 Å². The van der Waals surface area contributed by atoms with Crippen LogP contribution in [0.5, 0.6) is 11.5 Å². The normalized spacial score (nSPS) is 15.1. The minimum absolute atomic E-state index is 0.0306. The molecular formula is C23H29N3O6. The average molecular weight is 444 g/mol. The number of nitrogens with zero attached hydrogens (tertiary/aromatic N) is 2. The summed E-state index contributed by atoms with van der Waals surface area (Å²) in [7, 11) is 0. The number of nitroso groups, excluding NO2 is 1. The molecule has 1 aromatic heterocycles. The first kappa shape index (κ1) is 23.6. The van der Waals surface area contributed by atoms with Crippen LogP contribution in [0.2, 0.25) is 0 Å². The Balaban J connectivity index is 1.98. The Kier molecular flexibility index (Phi) is 7.10. The van der Waals surface area contributed by atoms with Gasteiger partial charge in [0, 0.05) is 29.0 Å². The van der Waals surface area contributed by atoms with Crippen LogP contribution in [0.4, 0.5) is 0 Å². The number of phenols is 1. The number of carbonyl (C=O) groups is 1. The van der Waals surface area contributed by atoms with Crippen LogP contribution in [-0.2, 0) is 11.3 Å². The molecule has 1 aromatic carbocycles. The molecule has 0 aliphatic carbocycles. The van der Waals surface area contributed by atoms with E-state index in [9.17, 15) is 19.6 Å². The molecule has 0 spiro atoms. The largest absolute Gasteiger partial charge is 0.504 e. The summed E-state index contributed by atoms with van der Waals surface area (Å²) < 4.78 is 7.63. The van der Waals surface area contributed by atoms with Crippen molar-refractivity contribution in [2.75, 3.05) is 13.2 Å². The highest BCUT2D eigenvalue weighted by Crippen LogP contribution is 2.45. The third-order valence-electron chi connectivity index (χ3n) is 5.77. The molecule has 32 heavy (non-hydrogen) atoms. The van der Waals surface area contributed by atoms with Crippen LogP contribution in [0.3, 0.4) is 0 Å². The summed E-state index contributed by atoms with van der Waals surface area (Å²) in [5.74, 6) is 4.28. The van der Waals surface area contributed by atoms with Gasteiger partial charge in [-0.05, 0) is 48.8 Å². The summed E-state index contributed by atoms with van der Waals surface area (Å²) in [6, 6.07) is 4.62. The average Bonchev–Trinajstić information content (AvgIpc) is 2.74. The van der Waals surface area contributed by atoms with Gasteiger partial charge in [0.2, 0.25) is 0 Å². The molecule has 172 valence electrons. The second-order valence-corrected chi connectivity index (χ2v) is 9.08. The molecule has 1 aliphatic rings. The van der Waals surface area contributed by atoms with E-state index < -0.39 is 11.3 Å². The molecule has 0 radical (unpaired) electrons. The molecule has 1 amide bonds. The summed E-state index contributed by atoms with van der Waals surface area (Å²) in [5, 5.41) is 13.0. The first-order valence-electron chi connectivity index (χ1n) is 10.6. The van der Waals surface area contributed by atoms with Crippen molar-refractivity contribution in [2.45, 2.75) is 52.5 Å². The smallest absolute Gasteiger partial charge is 0.322 e. The Morgan fingerprint density at radius 2 is 1.94 bits per heavy atom. The molecule has 9 heteroatoms. The third kappa shape index (κ3) is 4.89. The maximum Gasteiger partial charge on any atom is 0.322 e. The Morgan fingerprint density at radius 1 is 1.22 bits per heavy atom. The number of hydrogen-bond donors (Lipinski definition) is 2. The van der Waals surface area contributed by atoms with Crippen LogP contribution in [0.1, 0.15) is 62.0 Å². The summed E-state index contributed by atoms with van der Waals surface area (Å²) in [6.07, 6.45) is 4.53. The van der Waals surface area contributed by atoms with E-state index in [1.807, 2.05) is 10.6 Å². The van der Waals surface area contributed by atoms with Crippen molar-refractivity contribution >= 4 is 5.91 Å². The van der Waals surface area contributed by atoms with E-state index in [0.29, 0.717) is 36.6 Å². The number of unbranched alkanes of at least 4 members (excludes halogenated alkanes) is 2. The summed E-state index contributed by atoms with van der Waals surface area (Å²) >= 11 is 0. The van der Waals surface area contributed by atoms with Gasteiger partial charge in [-0.1, -0.05) is 20.8 Å². The number of rotatable bonds is 8. The van der Waals surface area contributed by atoms with Crippen LogP contribution < -0.4 is 16.1 Å². The molecule has 0 saturated heterocycles. The summed E-state index contributed by atoms with van der Waals surface area (Å²) in [5.41, 5.74) is 1.13. The zero-order valence-electron chi connectivity index (χ0n) is 18.6. The number of phenolic OH excluding ortho intramolecular Hbond substituents is 1. The van der Waals surface area contributed by atoms with Gasteiger partial charge in [0.05, 0.1) is 18.9 Å². The van der Waals surface area contributed by atoms with Gasteiger partial charge < -0.3 is 19.2 Å². The SMILES string of the molecule is CC(C)(C)C1Cc2cc(OCCCCCON)c(O)cc2-c2cc(=O)c(C(=O)N=O)cn21. The van der Waals surface area contributed by atoms with Crippen LogP contribution in [0.25, 0.3) is 11.3 Å². The van der Waals surface area contributed by atoms with Crippen LogP contribution in [-0.4, -0.2) is 28.8 Å². The predicted molar refractivity (Wildman–Crippen MR) is 120 cm³/mol. The fourth-order valence-electron chi connectivity index (χ4n) is 4.04. The van der Waals surface area contributed by atoms with Gasteiger partial charge in [0.1, 0.15) is 5.56 Å². The lowest BCUT2D eigenvalue weighted by atomic mass is 9.78. The zero-order valence-corrected chi connectivity index (χ0v) is 18.6. The fourth-order valence-corrected chi connectivity index (χ4v) is 4.04. The number of ether oxygens (including phenoxy) is 1. The molecule has 1 atom stereocenters. The molecule has 0 fully saturated rings. The van der Waals surface area contributed by atoms with E-state index in [1.165, 1.54) is 12.3 Å². The van der Waals surface area contributed by atoms with Crippen molar-refractivity contribution in [1.82, 2.24) is 4.57 Å². The molecular weight excluding hydrogens is 414 g/mol. The molecule has 2 aromatic rings. The Labute approximate surface area is 186 Å². The minimum atomic E-state index is -1.09. The third-order valence-corrected chi connectivity index (χ3v) is 5.77. The topological polar surface area (TPSA) is 133 Å². The Bertz CT molecular complexity index is 1070. The van der Waals surface area contributed by atoms with E-state index in [4.69, 9.17) is 10.6 Å². The molecule has 9 nitrogen and oxygen atoms in total. The number of fused-ring (bicyclic) bond motifs is 3. The second kappa shape index (κ2) is 9.62. The van der Waals surface area contributed by atoms with E-state index in [2.05, 4.69) is 30.8 Å². The van der Waals surface area contributed by atoms with Crippen molar-refractivity contribution < 1.29 is 19.5 Å². The van der Waals surface area contributed by atoms with Gasteiger partial charge in [-0.2, -0.15) is 0 Å². The molecule has 1 unspecified atom stereocenters.